The van der Waals surface area contributed by atoms with Gasteiger partial charge in [0.25, 0.3) is 5.56 Å². The fourth-order valence-electron chi connectivity index (χ4n) is 6.30. The SMILES string of the molecule is O=c1cc(CN2CCN(C3CCCCC3)CC2)nc(N2CCN(S(=O)(=O)c3ccc4ccccc4c3)CC2)[nH]1. The zero-order valence-electron chi connectivity index (χ0n) is 22.5. The van der Waals surface area contributed by atoms with Crippen molar-refractivity contribution in [3.05, 3.63) is 64.6 Å². The first kappa shape index (κ1) is 26.4. The molecule has 3 heterocycles. The molecule has 39 heavy (non-hydrogen) atoms. The van der Waals surface area contributed by atoms with Gasteiger partial charge < -0.3 is 4.90 Å². The summed E-state index contributed by atoms with van der Waals surface area (Å²) < 4.78 is 28.2. The predicted molar refractivity (Wildman–Crippen MR) is 154 cm³/mol. The number of benzene rings is 2. The lowest BCUT2D eigenvalue weighted by atomic mass is 9.94. The van der Waals surface area contributed by atoms with Gasteiger partial charge in [-0.15, -0.1) is 0 Å². The van der Waals surface area contributed by atoms with Crippen LogP contribution in [0.3, 0.4) is 0 Å². The summed E-state index contributed by atoms with van der Waals surface area (Å²) in [5, 5.41) is 1.92. The van der Waals surface area contributed by atoms with Crippen molar-refractivity contribution in [1.82, 2.24) is 24.1 Å². The van der Waals surface area contributed by atoms with Crippen LogP contribution in [0, 0.1) is 0 Å². The van der Waals surface area contributed by atoms with Crippen molar-refractivity contribution in [2.75, 3.05) is 57.3 Å². The van der Waals surface area contributed by atoms with Gasteiger partial charge in [0.1, 0.15) is 0 Å². The van der Waals surface area contributed by atoms with Crippen LogP contribution in [-0.4, -0.2) is 90.9 Å². The summed E-state index contributed by atoms with van der Waals surface area (Å²) in [6, 6.07) is 15.4. The lowest BCUT2D eigenvalue weighted by Crippen LogP contribution is -2.50. The van der Waals surface area contributed by atoms with Gasteiger partial charge in [-0.1, -0.05) is 49.6 Å². The van der Waals surface area contributed by atoms with E-state index in [0.29, 0.717) is 43.6 Å². The zero-order valence-corrected chi connectivity index (χ0v) is 23.3. The number of aromatic nitrogens is 2. The van der Waals surface area contributed by atoms with Gasteiger partial charge in [-0.05, 0) is 35.7 Å². The molecule has 1 aliphatic carbocycles. The standard InChI is InChI=1S/C29H38N6O3S/c36-28-21-25(22-32-12-14-33(15-13-32)26-8-2-1-3-9-26)30-29(31-28)34-16-18-35(19-17-34)39(37,38)27-11-10-23-6-4-5-7-24(23)20-27/h4-7,10-11,20-21,26H,1-3,8-9,12-19,22H2,(H,30,31,36). The van der Waals surface area contributed by atoms with Gasteiger partial charge in [-0.25, -0.2) is 13.4 Å². The van der Waals surface area contributed by atoms with Gasteiger partial charge in [0.15, 0.2) is 0 Å². The van der Waals surface area contributed by atoms with Gasteiger partial charge in [-0.2, -0.15) is 4.31 Å². The molecule has 0 spiro atoms. The van der Waals surface area contributed by atoms with Gasteiger partial charge in [0.2, 0.25) is 16.0 Å². The van der Waals surface area contributed by atoms with Crippen molar-refractivity contribution in [1.29, 1.82) is 0 Å². The van der Waals surface area contributed by atoms with Crippen molar-refractivity contribution in [3.63, 3.8) is 0 Å². The summed E-state index contributed by atoms with van der Waals surface area (Å²) in [5.41, 5.74) is 0.605. The zero-order chi connectivity index (χ0) is 26.8. The molecular weight excluding hydrogens is 512 g/mol. The van der Waals surface area contributed by atoms with E-state index in [4.69, 9.17) is 4.98 Å². The summed E-state index contributed by atoms with van der Waals surface area (Å²) in [6.07, 6.45) is 6.75. The Morgan fingerprint density at radius 2 is 1.54 bits per heavy atom. The van der Waals surface area contributed by atoms with E-state index in [1.807, 2.05) is 35.2 Å². The first-order chi connectivity index (χ1) is 19.0. The third-order valence-corrected chi connectivity index (χ3v) is 10.5. The molecule has 0 atom stereocenters. The van der Waals surface area contributed by atoms with E-state index in [1.165, 1.54) is 36.4 Å². The first-order valence-corrected chi connectivity index (χ1v) is 15.7. The number of H-pyrrole nitrogens is 1. The molecule has 0 bridgehead atoms. The topological polar surface area (TPSA) is 92.8 Å². The minimum atomic E-state index is -3.60. The number of aromatic amines is 1. The third kappa shape index (κ3) is 5.89. The molecule has 10 heteroatoms. The summed E-state index contributed by atoms with van der Waals surface area (Å²) in [5.74, 6) is 0.529. The van der Waals surface area contributed by atoms with E-state index in [1.54, 1.807) is 18.2 Å². The number of rotatable bonds is 6. The second-order valence-corrected chi connectivity index (χ2v) is 13.0. The maximum Gasteiger partial charge on any atom is 0.252 e. The van der Waals surface area contributed by atoms with Crippen LogP contribution in [0.4, 0.5) is 5.95 Å². The van der Waals surface area contributed by atoms with Crippen LogP contribution in [0.25, 0.3) is 10.8 Å². The van der Waals surface area contributed by atoms with E-state index in [2.05, 4.69) is 14.8 Å². The Morgan fingerprint density at radius 3 is 2.28 bits per heavy atom. The van der Waals surface area contributed by atoms with Crippen LogP contribution in [-0.2, 0) is 16.6 Å². The van der Waals surface area contributed by atoms with Crippen molar-refractivity contribution in [2.24, 2.45) is 0 Å². The number of sulfonamides is 1. The molecule has 0 amide bonds. The number of fused-ring (bicyclic) bond motifs is 1. The number of hydrogen-bond acceptors (Lipinski definition) is 7. The minimum Gasteiger partial charge on any atom is -0.340 e. The molecule has 3 aliphatic rings. The Kier molecular flexibility index (Phi) is 7.70. The monoisotopic (exact) mass is 550 g/mol. The molecule has 208 valence electrons. The molecule has 6 rings (SSSR count). The average molecular weight is 551 g/mol. The first-order valence-electron chi connectivity index (χ1n) is 14.3. The summed E-state index contributed by atoms with van der Waals surface area (Å²) in [7, 11) is -3.60. The van der Waals surface area contributed by atoms with Gasteiger partial charge in [-0.3, -0.25) is 19.6 Å². The van der Waals surface area contributed by atoms with Crippen LogP contribution in [0.1, 0.15) is 37.8 Å². The molecule has 0 unspecified atom stereocenters. The fraction of sp³-hybridized carbons (Fsp3) is 0.517. The molecule has 2 aliphatic heterocycles. The molecule has 2 aromatic carbocycles. The van der Waals surface area contributed by atoms with Crippen LogP contribution >= 0.6 is 0 Å². The molecule has 2 saturated heterocycles. The van der Waals surface area contributed by atoms with Crippen LogP contribution in [0.15, 0.2) is 58.2 Å². The maximum atomic E-state index is 13.4. The second-order valence-electron chi connectivity index (χ2n) is 11.1. The highest BCUT2D eigenvalue weighted by Crippen LogP contribution is 2.25. The van der Waals surface area contributed by atoms with Crippen molar-refractivity contribution in [3.8, 4) is 0 Å². The lowest BCUT2D eigenvalue weighted by Gasteiger charge is -2.40. The van der Waals surface area contributed by atoms with Crippen LogP contribution < -0.4 is 10.5 Å². The highest BCUT2D eigenvalue weighted by atomic mass is 32.2. The van der Waals surface area contributed by atoms with Crippen LogP contribution in [0.5, 0.6) is 0 Å². The Morgan fingerprint density at radius 1 is 0.821 bits per heavy atom. The molecule has 1 N–H and O–H groups in total. The molecule has 9 nitrogen and oxygen atoms in total. The highest BCUT2D eigenvalue weighted by molar-refractivity contribution is 7.89. The average Bonchev–Trinajstić information content (AvgIpc) is 2.97. The molecular formula is C29H38N6O3S. The Labute approximate surface area is 230 Å². The maximum absolute atomic E-state index is 13.4. The summed E-state index contributed by atoms with van der Waals surface area (Å²) in [4.78, 5) is 27.5. The van der Waals surface area contributed by atoms with Crippen molar-refractivity contribution in [2.45, 2.75) is 49.6 Å². The Balaban J connectivity index is 1.07. The van der Waals surface area contributed by atoms with Crippen molar-refractivity contribution < 1.29 is 8.42 Å². The molecule has 0 radical (unpaired) electrons. The van der Waals surface area contributed by atoms with E-state index < -0.39 is 10.0 Å². The number of nitrogens with one attached hydrogen (secondary N) is 1. The normalized spacial score (nSPS) is 21.0. The van der Waals surface area contributed by atoms with E-state index in [-0.39, 0.29) is 5.56 Å². The highest BCUT2D eigenvalue weighted by Gasteiger charge is 2.30. The predicted octanol–water partition coefficient (Wildman–Crippen LogP) is 2.88. The second kappa shape index (κ2) is 11.4. The number of nitrogens with zero attached hydrogens (tertiary/aromatic N) is 5. The third-order valence-electron chi connectivity index (χ3n) is 8.56. The van der Waals surface area contributed by atoms with Gasteiger partial charge in [0, 0.05) is 71.0 Å². The van der Waals surface area contributed by atoms with E-state index >= 15 is 0 Å². The fourth-order valence-corrected chi connectivity index (χ4v) is 7.76. The number of anilines is 1. The minimum absolute atomic E-state index is 0.165. The largest absolute Gasteiger partial charge is 0.340 e. The summed E-state index contributed by atoms with van der Waals surface area (Å²) in [6.45, 7) is 6.42. The molecule has 3 aromatic rings. The number of piperazine rings is 2. The smallest absolute Gasteiger partial charge is 0.252 e. The summed E-state index contributed by atoms with van der Waals surface area (Å²) >= 11 is 0. The van der Waals surface area contributed by atoms with E-state index in [9.17, 15) is 13.2 Å². The Hall–Kier alpha value is -2.79. The van der Waals surface area contributed by atoms with E-state index in [0.717, 1.165) is 48.7 Å². The molecule has 3 fully saturated rings. The quantitative estimate of drug-likeness (QED) is 0.505. The lowest BCUT2D eigenvalue weighted by molar-refractivity contribution is 0.0749. The Bertz CT molecular complexity index is 1450. The van der Waals surface area contributed by atoms with Crippen LogP contribution in [0.2, 0.25) is 0 Å². The number of hydrogen-bond donors (Lipinski definition) is 1. The molecule has 1 aromatic heterocycles. The van der Waals surface area contributed by atoms with Gasteiger partial charge in [0.05, 0.1) is 10.6 Å². The molecule has 1 saturated carbocycles. The van der Waals surface area contributed by atoms with Gasteiger partial charge >= 0.3 is 0 Å². The van der Waals surface area contributed by atoms with Crippen molar-refractivity contribution >= 4 is 26.7 Å².